The number of nitriles is 1. The molecule has 3 N–H and O–H groups in total. The number of nitrogens with one attached hydrogen (secondary N) is 1. The summed E-state index contributed by atoms with van der Waals surface area (Å²) in [5.74, 6) is -0.751. The van der Waals surface area contributed by atoms with Crippen LogP contribution in [0.4, 0.5) is 5.69 Å². The van der Waals surface area contributed by atoms with Crippen molar-refractivity contribution in [3.8, 4) is 6.07 Å². The van der Waals surface area contributed by atoms with Crippen LogP contribution >= 0.6 is 0 Å². The van der Waals surface area contributed by atoms with Crippen LogP contribution < -0.4 is 10.5 Å². The second-order valence-electron chi connectivity index (χ2n) is 7.91. The molecule has 4 aromatic rings. The number of sulfonamides is 1. The predicted molar refractivity (Wildman–Crippen MR) is 136 cm³/mol. The van der Waals surface area contributed by atoms with Gasteiger partial charge in [-0.15, -0.1) is 0 Å². The van der Waals surface area contributed by atoms with Gasteiger partial charge in [-0.2, -0.15) is 5.26 Å². The maximum Gasteiger partial charge on any atom is 0.268 e. The lowest BCUT2D eigenvalue weighted by molar-refractivity contribution is -0.112. The fraction of sp³-hybridized carbons (Fsp3) is 0.0400. The zero-order chi connectivity index (χ0) is 26.1. The van der Waals surface area contributed by atoms with Gasteiger partial charge < -0.3 is 5.32 Å². The number of para-hydroxylation sites is 1. The standard InChI is InChI=1S/C25H20N4O5S2/c1-17-6-10-22(11-7-17)36(33,34)29-16-19(23-4-2-3-5-24(23)29)14-18(15-26)25(30)28-20-8-12-21(13-9-20)35(27,31)32/h2-14,16H,1H3,(H,28,30)(H2,27,31,32). The van der Waals surface area contributed by atoms with Gasteiger partial charge in [-0.25, -0.2) is 25.9 Å². The molecular formula is C25H20N4O5S2. The fourth-order valence-corrected chi connectivity index (χ4v) is 5.44. The number of carbonyl (C=O) groups excluding carboxylic acids is 1. The van der Waals surface area contributed by atoms with Crippen molar-refractivity contribution in [3.63, 3.8) is 0 Å². The summed E-state index contributed by atoms with van der Waals surface area (Å²) < 4.78 is 50.6. The number of nitrogens with zero attached hydrogens (tertiary/aromatic N) is 2. The molecule has 0 atom stereocenters. The van der Waals surface area contributed by atoms with Crippen molar-refractivity contribution in [1.29, 1.82) is 5.26 Å². The number of aromatic nitrogens is 1. The molecule has 0 saturated carbocycles. The third kappa shape index (κ3) is 4.92. The van der Waals surface area contributed by atoms with E-state index in [1.807, 2.05) is 13.0 Å². The van der Waals surface area contributed by atoms with E-state index in [-0.39, 0.29) is 21.1 Å². The highest BCUT2D eigenvalue weighted by atomic mass is 32.2. The second-order valence-corrected chi connectivity index (χ2v) is 11.3. The predicted octanol–water partition coefficient (Wildman–Crippen LogP) is 3.38. The van der Waals surface area contributed by atoms with Gasteiger partial charge in [-0.1, -0.05) is 35.9 Å². The Morgan fingerprint density at radius 2 is 1.56 bits per heavy atom. The van der Waals surface area contributed by atoms with E-state index in [4.69, 9.17) is 5.14 Å². The maximum atomic E-state index is 13.3. The van der Waals surface area contributed by atoms with Crippen LogP contribution in [0.2, 0.25) is 0 Å². The normalized spacial score (nSPS) is 12.3. The number of aryl methyl sites for hydroxylation is 1. The Bertz CT molecular complexity index is 1760. The van der Waals surface area contributed by atoms with E-state index in [2.05, 4.69) is 5.32 Å². The molecule has 182 valence electrons. The minimum absolute atomic E-state index is 0.102. The van der Waals surface area contributed by atoms with Gasteiger partial charge in [0.15, 0.2) is 0 Å². The molecule has 3 aromatic carbocycles. The minimum Gasteiger partial charge on any atom is -0.321 e. The van der Waals surface area contributed by atoms with Gasteiger partial charge in [0, 0.05) is 22.8 Å². The van der Waals surface area contributed by atoms with Crippen molar-refractivity contribution >= 4 is 48.6 Å². The lowest BCUT2D eigenvalue weighted by atomic mass is 10.1. The highest BCUT2D eigenvalue weighted by Crippen LogP contribution is 2.28. The molecule has 4 rings (SSSR count). The summed E-state index contributed by atoms with van der Waals surface area (Å²) in [4.78, 5) is 12.7. The average Bonchev–Trinajstić information content (AvgIpc) is 3.22. The van der Waals surface area contributed by atoms with Gasteiger partial charge in [-0.3, -0.25) is 4.79 Å². The molecule has 0 unspecified atom stereocenters. The highest BCUT2D eigenvalue weighted by Gasteiger charge is 2.21. The van der Waals surface area contributed by atoms with Crippen LogP contribution in [0.1, 0.15) is 11.1 Å². The lowest BCUT2D eigenvalue weighted by Gasteiger charge is -2.07. The molecule has 0 spiro atoms. The van der Waals surface area contributed by atoms with E-state index >= 15 is 0 Å². The molecule has 1 amide bonds. The monoisotopic (exact) mass is 520 g/mol. The summed E-state index contributed by atoms with van der Waals surface area (Å²) in [6.07, 6.45) is 2.67. The van der Waals surface area contributed by atoms with Gasteiger partial charge in [-0.05, 0) is 55.5 Å². The molecule has 0 aliphatic rings. The molecule has 1 aromatic heterocycles. The number of fused-ring (bicyclic) bond motifs is 1. The summed E-state index contributed by atoms with van der Waals surface area (Å²) in [7, 11) is -7.83. The number of anilines is 1. The Morgan fingerprint density at radius 3 is 2.17 bits per heavy atom. The van der Waals surface area contributed by atoms with Crippen molar-refractivity contribution in [2.75, 3.05) is 5.32 Å². The number of carbonyl (C=O) groups is 1. The van der Waals surface area contributed by atoms with Crippen LogP contribution in [0.3, 0.4) is 0 Å². The fourth-order valence-electron chi connectivity index (χ4n) is 3.54. The molecule has 0 aliphatic carbocycles. The van der Waals surface area contributed by atoms with E-state index in [1.165, 1.54) is 48.7 Å². The smallest absolute Gasteiger partial charge is 0.268 e. The van der Waals surface area contributed by atoms with Crippen LogP contribution in [0.15, 0.2) is 94.4 Å². The Labute approximate surface area is 208 Å². The van der Waals surface area contributed by atoms with E-state index < -0.39 is 26.0 Å². The summed E-state index contributed by atoms with van der Waals surface area (Å²) in [6.45, 7) is 1.85. The van der Waals surface area contributed by atoms with Crippen LogP contribution in [0, 0.1) is 18.3 Å². The van der Waals surface area contributed by atoms with Crippen molar-refractivity contribution in [1.82, 2.24) is 3.97 Å². The van der Waals surface area contributed by atoms with Gasteiger partial charge in [0.2, 0.25) is 10.0 Å². The molecule has 0 bridgehead atoms. The number of nitrogens with two attached hydrogens (primary N) is 1. The molecule has 0 fully saturated rings. The van der Waals surface area contributed by atoms with Crippen LogP contribution in [-0.4, -0.2) is 26.7 Å². The zero-order valence-electron chi connectivity index (χ0n) is 18.9. The zero-order valence-corrected chi connectivity index (χ0v) is 20.5. The lowest BCUT2D eigenvalue weighted by Crippen LogP contribution is -2.14. The maximum absolute atomic E-state index is 13.3. The number of rotatable bonds is 6. The molecule has 0 aliphatic heterocycles. The van der Waals surface area contributed by atoms with Crippen molar-refractivity contribution in [2.45, 2.75) is 16.7 Å². The molecule has 0 radical (unpaired) electrons. The van der Waals surface area contributed by atoms with Gasteiger partial charge >= 0.3 is 0 Å². The second kappa shape index (κ2) is 9.43. The van der Waals surface area contributed by atoms with Crippen LogP contribution in [0.5, 0.6) is 0 Å². The van der Waals surface area contributed by atoms with Gasteiger partial charge in [0.25, 0.3) is 15.9 Å². The minimum atomic E-state index is -3.94. The molecular weight excluding hydrogens is 500 g/mol. The third-order valence-electron chi connectivity index (χ3n) is 5.39. The van der Waals surface area contributed by atoms with Gasteiger partial charge in [0.05, 0.1) is 15.3 Å². The number of amides is 1. The van der Waals surface area contributed by atoms with Crippen molar-refractivity contribution < 1.29 is 21.6 Å². The first kappa shape index (κ1) is 24.9. The quantitative estimate of drug-likeness (QED) is 0.294. The van der Waals surface area contributed by atoms with Crippen LogP contribution in [0.25, 0.3) is 17.0 Å². The first-order valence-electron chi connectivity index (χ1n) is 10.5. The van der Waals surface area contributed by atoms with E-state index in [0.717, 1.165) is 9.54 Å². The number of primary sulfonamides is 1. The summed E-state index contributed by atoms with van der Waals surface area (Å²) >= 11 is 0. The van der Waals surface area contributed by atoms with E-state index in [0.29, 0.717) is 16.5 Å². The van der Waals surface area contributed by atoms with Crippen molar-refractivity contribution in [2.24, 2.45) is 5.14 Å². The Balaban J connectivity index is 1.72. The molecule has 11 heteroatoms. The molecule has 1 heterocycles. The third-order valence-corrected chi connectivity index (χ3v) is 8.01. The molecule has 0 saturated heterocycles. The summed E-state index contributed by atoms with van der Waals surface area (Å²) in [5, 5.41) is 17.8. The van der Waals surface area contributed by atoms with E-state index in [9.17, 15) is 26.9 Å². The Hall–Kier alpha value is -4.24. The molecule has 9 nitrogen and oxygen atoms in total. The molecule has 36 heavy (non-hydrogen) atoms. The van der Waals surface area contributed by atoms with Crippen LogP contribution in [-0.2, 0) is 24.8 Å². The Kier molecular flexibility index (Phi) is 6.51. The number of hydrogen-bond acceptors (Lipinski definition) is 6. The highest BCUT2D eigenvalue weighted by molar-refractivity contribution is 7.90. The SMILES string of the molecule is Cc1ccc(S(=O)(=O)n2cc(C=C(C#N)C(=O)Nc3ccc(S(N)(=O)=O)cc3)c3ccccc32)cc1. The topological polar surface area (TPSA) is 152 Å². The number of hydrogen-bond donors (Lipinski definition) is 2. The van der Waals surface area contributed by atoms with Gasteiger partial charge in [0.1, 0.15) is 11.6 Å². The number of benzene rings is 3. The Morgan fingerprint density at radius 1 is 0.944 bits per heavy atom. The first-order chi connectivity index (χ1) is 17.0. The largest absolute Gasteiger partial charge is 0.321 e. The average molecular weight is 521 g/mol. The van der Waals surface area contributed by atoms with E-state index in [1.54, 1.807) is 36.4 Å². The first-order valence-corrected chi connectivity index (χ1v) is 13.5. The summed E-state index contributed by atoms with van der Waals surface area (Å²) in [5.41, 5.74) is 1.64. The summed E-state index contributed by atoms with van der Waals surface area (Å²) in [6, 6.07) is 20.2. The van der Waals surface area contributed by atoms with Crippen molar-refractivity contribution in [3.05, 3.63) is 95.7 Å².